The lowest BCUT2D eigenvalue weighted by Gasteiger charge is -2.38. The first-order valence-corrected chi connectivity index (χ1v) is 6.33. The molecule has 0 bridgehead atoms. The zero-order chi connectivity index (χ0) is 13.2. The molecule has 19 heavy (non-hydrogen) atoms. The maximum Gasteiger partial charge on any atom is 0.324 e. The minimum absolute atomic E-state index is 0. The zero-order valence-electron chi connectivity index (χ0n) is 11.4. The van der Waals surface area contributed by atoms with Crippen molar-refractivity contribution in [2.24, 2.45) is 5.41 Å². The zero-order valence-corrected chi connectivity index (χ0v) is 12.2. The summed E-state index contributed by atoms with van der Waals surface area (Å²) in [6, 6.07) is -0.356. The molecule has 7 heteroatoms. The molecule has 2 aliphatic rings. The number of halogens is 1. The highest BCUT2D eigenvalue weighted by atomic mass is 35.5. The van der Waals surface area contributed by atoms with Gasteiger partial charge in [-0.15, -0.1) is 12.4 Å². The van der Waals surface area contributed by atoms with Crippen LogP contribution in [0.2, 0.25) is 0 Å². The summed E-state index contributed by atoms with van der Waals surface area (Å²) in [6.07, 6.45) is 1.07. The highest BCUT2D eigenvalue weighted by Gasteiger charge is 2.38. The first kappa shape index (κ1) is 16.2. The largest absolute Gasteiger partial charge is 0.468 e. The Morgan fingerprint density at radius 2 is 2.32 bits per heavy atom. The van der Waals surface area contributed by atoms with Crippen LogP contribution in [-0.2, 0) is 14.3 Å². The number of esters is 1. The third kappa shape index (κ3) is 3.81. The Bertz CT molecular complexity index is 345. The van der Waals surface area contributed by atoms with Crippen LogP contribution in [0.15, 0.2) is 0 Å². The third-order valence-electron chi connectivity index (χ3n) is 3.80. The summed E-state index contributed by atoms with van der Waals surface area (Å²) in [5.74, 6) is -0.297. The van der Waals surface area contributed by atoms with E-state index in [0.29, 0.717) is 6.54 Å². The molecule has 110 valence electrons. The van der Waals surface area contributed by atoms with E-state index in [-0.39, 0.29) is 42.3 Å². The summed E-state index contributed by atoms with van der Waals surface area (Å²) in [5.41, 5.74) is 0.129. The van der Waals surface area contributed by atoms with Gasteiger partial charge >= 0.3 is 5.97 Å². The fourth-order valence-corrected chi connectivity index (χ4v) is 2.72. The van der Waals surface area contributed by atoms with E-state index in [1.807, 2.05) is 4.90 Å². The predicted molar refractivity (Wildman–Crippen MR) is 73.2 cm³/mol. The lowest BCUT2D eigenvalue weighted by Crippen LogP contribution is -2.59. The summed E-state index contributed by atoms with van der Waals surface area (Å²) in [5, 5.41) is 6.05. The number of ether oxygens (including phenoxy) is 1. The van der Waals surface area contributed by atoms with E-state index in [1.54, 1.807) is 0 Å². The van der Waals surface area contributed by atoms with Gasteiger partial charge in [-0.05, 0) is 18.4 Å². The van der Waals surface area contributed by atoms with Crippen LogP contribution >= 0.6 is 12.4 Å². The van der Waals surface area contributed by atoms with Crippen molar-refractivity contribution < 1.29 is 14.3 Å². The molecule has 2 N–H and O–H groups in total. The van der Waals surface area contributed by atoms with Crippen LogP contribution in [0.4, 0.5) is 0 Å². The third-order valence-corrected chi connectivity index (χ3v) is 3.80. The molecule has 1 amide bonds. The minimum atomic E-state index is -0.356. The van der Waals surface area contributed by atoms with Gasteiger partial charge in [0.15, 0.2) is 0 Å². The van der Waals surface area contributed by atoms with E-state index in [9.17, 15) is 9.59 Å². The van der Waals surface area contributed by atoms with Crippen molar-refractivity contribution in [2.75, 3.05) is 39.8 Å². The molecule has 2 unspecified atom stereocenters. The molecule has 0 aromatic heterocycles. The smallest absolute Gasteiger partial charge is 0.324 e. The van der Waals surface area contributed by atoms with Crippen molar-refractivity contribution in [3.05, 3.63) is 0 Å². The number of nitrogens with one attached hydrogen (secondary N) is 2. The lowest BCUT2D eigenvalue weighted by atomic mass is 9.88. The van der Waals surface area contributed by atoms with E-state index < -0.39 is 0 Å². The quantitative estimate of drug-likeness (QED) is 0.678. The minimum Gasteiger partial charge on any atom is -0.468 e. The van der Waals surface area contributed by atoms with E-state index in [0.717, 1.165) is 26.1 Å². The number of methoxy groups -OCH3 is 1. The Kier molecular flexibility index (Phi) is 5.58. The number of rotatable bonds is 3. The molecular formula is C12H22ClN3O3. The maximum atomic E-state index is 11.7. The molecule has 2 fully saturated rings. The van der Waals surface area contributed by atoms with Gasteiger partial charge in [0.05, 0.1) is 13.7 Å². The van der Waals surface area contributed by atoms with Crippen molar-refractivity contribution >= 4 is 24.3 Å². The van der Waals surface area contributed by atoms with E-state index in [4.69, 9.17) is 4.74 Å². The second-order valence-corrected chi connectivity index (χ2v) is 5.49. The maximum absolute atomic E-state index is 11.7. The molecule has 0 aliphatic carbocycles. The summed E-state index contributed by atoms with van der Waals surface area (Å²) in [4.78, 5) is 25.2. The van der Waals surface area contributed by atoms with E-state index in [2.05, 4.69) is 17.6 Å². The van der Waals surface area contributed by atoms with Gasteiger partial charge < -0.3 is 15.4 Å². The van der Waals surface area contributed by atoms with Gasteiger partial charge in [-0.1, -0.05) is 6.92 Å². The van der Waals surface area contributed by atoms with Crippen LogP contribution in [0.1, 0.15) is 13.3 Å². The van der Waals surface area contributed by atoms with Gasteiger partial charge in [0.1, 0.15) is 6.04 Å². The fourth-order valence-electron chi connectivity index (χ4n) is 2.72. The highest BCUT2D eigenvalue weighted by Crippen LogP contribution is 2.27. The van der Waals surface area contributed by atoms with E-state index >= 15 is 0 Å². The fraction of sp³-hybridized carbons (Fsp3) is 0.833. The molecular weight excluding hydrogens is 270 g/mol. The number of amides is 1. The number of hydrogen-bond acceptors (Lipinski definition) is 5. The highest BCUT2D eigenvalue weighted by molar-refractivity contribution is 5.85. The molecule has 0 aromatic carbocycles. The van der Waals surface area contributed by atoms with Crippen LogP contribution in [0.25, 0.3) is 0 Å². The Hall–Kier alpha value is -0.850. The van der Waals surface area contributed by atoms with Crippen molar-refractivity contribution in [2.45, 2.75) is 19.4 Å². The molecule has 2 rings (SSSR count). The average molecular weight is 292 g/mol. The molecule has 2 aliphatic heterocycles. The predicted octanol–water partition coefficient (Wildman–Crippen LogP) is -0.619. The van der Waals surface area contributed by atoms with Gasteiger partial charge in [-0.25, -0.2) is 0 Å². The normalized spacial score (nSPS) is 31.5. The molecule has 0 spiro atoms. The van der Waals surface area contributed by atoms with Gasteiger partial charge in [0.2, 0.25) is 5.91 Å². The SMILES string of the molecule is COC(=O)C1CNC(=O)CN1CC1(C)CCNC1.Cl. The van der Waals surface area contributed by atoms with Crippen LogP contribution in [0, 0.1) is 5.41 Å². The molecule has 0 saturated carbocycles. The number of carbonyl (C=O) groups excluding carboxylic acids is 2. The number of piperazine rings is 1. The molecule has 2 atom stereocenters. The lowest BCUT2D eigenvalue weighted by molar-refractivity contribution is -0.150. The Balaban J connectivity index is 0.00000180. The molecule has 2 heterocycles. The van der Waals surface area contributed by atoms with Crippen molar-refractivity contribution in [3.63, 3.8) is 0 Å². The Morgan fingerprint density at radius 1 is 1.58 bits per heavy atom. The summed E-state index contributed by atoms with van der Waals surface area (Å²) < 4.78 is 4.81. The Labute approximate surface area is 119 Å². The number of nitrogens with zero attached hydrogens (tertiary/aromatic N) is 1. The topological polar surface area (TPSA) is 70.7 Å². The van der Waals surface area contributed by atoms with Crippen molar-refractivity contribution in [1.82, 2.24) is 15.5 Å². The van der Waals surface area contributed by atoms with Crippen molar-refractivity contribution in [1.29, 1.82) is 0 Å². The average Bonchev–Trinajstić information content (AvgIpc) is 2.75. The van der Waals surface area contributed by atoms with Gasteiger partial charge in [0, 0.05) is 19.6 Å². The number of hydrogen-bond donors (Lipinski definition) is 2. The Morgan fingerprint density at radius 3 is 2.89 bits per heavy atom. The van der Waals surface area contributed by atoms with Crippen LogP contribution in [0.5, 0.6) is 0 Å². The first-order chi connectivity index (χ1) is 8.54. The van der Waals surface area contributed by atoms with Gasteiger partial charge in [0.25, 0.3) is 0 Å². The van der Waals surface area contributed by atoms with Crippen LogP contribution in [-0.4, -0.2) is 62.7 Å². The monoisotopic (exact) mass is 291 g/mol. The van der Waals surface area contributed by atoms with Gasteiger partial charge in [-0.3, -0.25) is 14.5 Å². The van der Waals surface area contributed by atoms with Crippen molar-refractivity contribution in [3.8, 4) is 0 Å². The standard InChI is InChI=1S/C12H21N3O3.ClH/c1-12(3-4-13-7-12)8-15-6-10(16)14-5-9(15)11(17)18-2;/h9,13H,3-8H2,1-2H3,(H,14,16);1H. The first-order valence-electron chi connectivity index (χ1n) is 6.33. The second-order valence-electron chi connectivity index (χ2n) is 5.49. The molecule has 0 aromatic rings. The second kappa shape index (κ2) is 6.54. The summed E-state index contributed by atoms with van der Waals surface area (Å²) >= 11 is 0. The summed E-state index contributed by atoms with van der Waals surface area (Å²) in [7, 11) is 1.38. The number of carbonyl (C=O) groups is 2. The molecule has 2 saturated heterocycles. The molecule has 0 radical (unpaired) electrons. The summed E-state index contributed by atoms with van der Waals surface area (Å²) in [6.45, 7) is 5.48. The van der Waals surface area contributed by atoms with Crippen LogP contribution < -0.4 is 10.6 Å². The van der Waals surface area contributed by atoms with E-state index in [1.165, 1.54) is 7.11 Å². The van der Waals surface area contributed by atoms with Crippen LogP contribution in [0.3, 0.4) is 0 Å². The van der Waals surface area contributed by atoms with Gasteiger partial charge in [-0.2, -0.15) is 0 Å². The molecule has 6 nitrogen and oxygen atoms in total.